The number of rotatable bonds is 5. The maximum absolute atomic E-state index is 13.5. The first-order chi connectivity index (χ1) is 14.0. The van der Waals surface area contributed by atoms with E-state index in [2.05, 4.69) is 5.32 Å². The Kier molecular flexibility index (Phi) is 5.69. The van der Waals surface area contributed by atoms with Crippen molar-refractivity contribution < 1.29 is 23.0 Å². The van der Waals surface area contributed by atoms with E-state index in [1.807, 2.05) is 11.8 Å². The summed E-state index contributed by atoms with van der Waals surface area (Å²) in [5.41, 5.74) is 1.74. The zero-order valence-electron chi connectivity index (χ0n) is 16.1. The summed E-state index contributed by atoms with van der Waals surface area (Å²) in [5.74, 6) is -0.106. The van der Waals surface area contributed by atoms with E-state index in [0.717, 1.165) is 18.5 Å². The Morgan fingerprint density at radius 2 is 1.97 bits per heavy atom. The van der Waals surface area contributed by atoms with Crippen LogP contribution >= 0.6 is 12.2 Å². The van der Waals surface area contributed by atoms with Crippen LogP contribution in [0.4, 0.5) is 8.78 Å². The van der Waals surface area contributed by atoms with Gasteiger partial charge in [0.25, 0.3) is 5.91 Å². The van der Waals surface area contributed by atoms with Gasteiger partial charge >= 0.3 is 6.61 Å². The fourth-order valence-corrected chi connectivity index (χ4v) is 4.30. The number of carbonyl (C=O) groups excluding carboxylic acids is 1. The van der Waals surface area contributed by atoms with Crippen LogP contribution in [0.25, 0.3) is 0 Å². The first-order valence-corrected chi connectivity index (χ1v) is 10.1. The summed E-state index contributed by atoms with van der Waals surface area (Å²) in [7, 11) is 0. The van der Waals surface area contributed by atoms with Gasteiger partial charge in [-0.2, -0.15) is 8.78 Å². The first kappa shape index (κ1) is 20.0. The molecule has 1 atom stereocenters. The fourth-order valence-electron chi connectivity index (χ4n) is 3.90. The molecule has 0 aromatic heterocycles. The maximum atomic E-state index is 13.5. The molecule has 1 aromatic rings. The third-order valence-electron chi connectivity index (χ3n) is 5.41. The minimum absolute atomic E-state index is 0.0303. The summed E-state index contributed by atoms with van der Waals surface area (Å²) in [6.45, 7) is 0.857. The van der Waals surface area contributed by atoms with Gasteiger partial charge in [-0.25, -0.2) is 0 Å². The van der Waals surface area contributed by atoms with Gasteiger partial charge < -0.3 is 24.6 Å². The van der Waals surface area contributed by atoms with Crippen LogP contribution in [0.5, 0.6) is 5.75 Å². The predicted molar refractivity (Wildman–Crippen MR) is 107 cm³/mol. The zero-order valence-corrected chi connectivity index (χ0v) is 16.9. The summed E-state index contributed by atoms with van der Waals surface area (Å²) in [4.78, 5) is 17.2. The van der Waals surface area contributed by atoms with Crippen LogP contribution in [-0.4, -0.2) is 59.8 Å². The average Bonchev–Trinajstić information content (AvgIpc) is 3.53. The summed E-state index contributed by atoms with van der Waals surface area (Å²) in [6, 6.07) is 6.13. The maximum Gasteiger partial charge on any atom is 0.387 e. The zero-order chi connectivity index (χ0) is 20.5. The van der Waals surface area contributed by atoms with E-state index in [0.29, 0.717) is 42.6 Å². The number of nitrogens with zero attached hydrogens (tertiary/aromatic N) is 2. The second-order valence-electron chi connectivity index (χ2n) is 7.30. The fraction of sp³-hybridized carbons (Fsp3) is 0.500. The molecular weight excluding hydrogens is 400 g/mol. The normalized spacial score (nSPS) is 22.8. The lowest BCUT2D eigenvalue weighted by Crippen LogP contribution is -2.51. The van der Waals surface area contributed by atoms with Gasteiger partial charge in [0.15, 0.2) is 5.11 Å². The number of allylic oxidation sites excluding steroid dienone is 1. The van der Waals surface area contributed by atoms with Gasteiger partial charge in [0.2, 0.25) is 0 Å². The van der Waals surface area contributed by atoms with Gasteiger partial charge in [0.05, 0.1) is 24.8 Å². The van der Waals surface area contributed by atoms with Gasteiger partial charge in [-0.15, -0.1) is 0 Å². The number of para-hydroxylation sites is 1. The molecule has 0 radical (unpaired) electrons. The number of amides is 1. The van der Waals surface area contributed by atoms with E-state index in [9.17, 15) is 13.6 Å². The van der Waals surface area contributed by atoms with E-state index < -0.39 is 12.7 Å². The molecule has 1 aromatic carbocycles. The SMILES string of the molecule is CC1=C(C(=O)N2CCOCC2)C(c2ccccc2OC(F)F)NC(=S)N1C1CC1. The topological polar surface area (TPSA) is 54.0 Å². The molecule has 4 rings (SSSR count). The van der Waals surface area contributed by atoms with Crippen LogP contribution in [0.3, 0.4) is 0 Å². The van der Waals surface area contributed by atoms with Crippen molar-refractivity contribution in [1.82, 2.24) is 15.1 Å². The van der Waals surface area contributed by atoms with Crippen LogP contribution < -0.4 is 10.1 Å². The lowest BCUT2D eigenvalue weighted by atomic mass is 9.93. The number of ether oxygens (including phenoxy) is 2. The van der Waals surface area contributed by atoms with Crippen molar-refractivity contribution in [2.75, 3.05) is 26.3 Å². The minimum Gasteiger partial charge on any atom is -0.434 e. The summed E-state index contributed by atoms with van der Waals surface area (Å²) < 4.78 is 36.0. The molecule has 9 heteroatoms. The lowest BCUT2D eigenvalue weighted by molar-refractivity contribution is -0.131. The van der Waals surface area contributed by atoms with Crippen molar-refractivity contribution >= 4 is 23.2 Å². The molecule has 156 valence electrons. The second-order valence-corrected chi connectivity index (χ2v) is 7.69. The van der Waals surface area contributed by atoms with Gasteiger partial charge in [-0.05, 0) is 38.0 Å². The van der Waals surface area contributed by atoms with Crippen LogP contribution in [0.2, 0.25) is 0 Å². The number of alkyl halides is 2. The molecule has 2 aliphatic heterocycles. The standard InChI is InChI=1S/C20H23F2N3O3S/c1-12-16(18(26)24-8-10-27-11-9-24)17(23-20(29)25(12)13-6-7-13)14-4-2-3-5-15(14)28-19(21)22/h2-5,13,17,19H,6-11H2,1H3,(H,23,29). The highest BCUT2D eigenvalue weighted by Gasteiger charge is 2.42. The molecule has 3 aliphatic rings. The Hall–Kier alpha value is -2.26. The van der Waals surface area contributed by atoms with Gasteiger partial charge in [0.1, 0.15) is 5.75 Å². The third-order valence-corrected chi connectivity index (χ3v) is 5.73. The highest BCUT2D eigenvalue weighted by molar-refractivity contribution is 7.80. The second kappa shape index (κ2) is 8.23. The molecule has 1 saturated heterocycles. The van der Waals surface area contributed by atoms with E-state index in [1.165, 1.54) is 6.07 Å². The number of halogens is 2. The van der Waals surface area contributed by atoms with Crippen molar-refractivity contribution in [1.29, 1.82) is 0 Å². The molecule has 0 spiro atoms. The molecule has 6 nitrogen and oxygen atoms in total. The highest BCUT2D eigenvalue weighted by atomic mass is 32.1. The lowest BCUT2D eigenvalue weighted by Gasteiger charge is -2.40. The quantitative estimate of drug-likeness (QED) is 0.736. The predicted octanol–water partition coefficient (Wildman–Crippen LogP) is 2.81. The Morgan fingerprint density at radius 3 is 2.62 bits per heavy atom. The smallest absolute Gasteiger partial charge is 0.387 e. The third kappa shape index (κ3) is 4.06. The van der Waals surface area contributed by atoms with Crippen LogP contribution in [-0.2, 0) is 9.53 Å². The average molecular weight is 423 g/mol. The summed E-state index contributed by atoms with van der Waals surface area (Å²) in [6.07, 6.45) is 2.02. The van der Waals surface area contributed by atoms with Gasteiger partial charge in [-0.1, -0.05) is 18.2 Å². The first-order valence-electron chi connectivity index (χ1n) is 9.68. The molecule has 1 N–H and O–H groups in total. The van der Waals surface area contributed by atoms with E-state index >= 15 is 0 Å². The molecule has 1 unspecified atom stereocenters. The van der Waals surface area contributed by atoms with Gasteiger partial charge in [0, 0.05) is 30.4 Å². The Labute approximate surface area is 173 Å². The van der Waals surface area contributed by atoms with Crippen molar-refractivity contribution in [3.63, 3.8) is 0 Å². The summed E-state index contributed by atoms with van der Waals surface area (Å²) in [5, 5.41) is 3.71. The molecule has 1 aliphatic carbocycles. The Morgan fingerprint density at radius 1 is 1.28 bits per heavy atom. The molecule has 29 heavy (non-hydrogen) atoms. The van der Waals surface area contributed by atoms with E-state index in [-0.39, 0.29) is 17.7 Å². The molecule has 2 heterocycles. The Bertz CT molecular complexity index is 838. The molecule has 1 saturated carbocycles. The number of morpholine rings is 1. The number of hydrogen-bond donors (Lipinski definition) is 1. The van der Waals surface area contributed by atoms with Crippen molar-refractivity contribution in [2.24, 2.45) is 0 Å². The molecule has 0 bridgehead atoms. The van der Waals surface area contributed by atoms with Crippen LogP contribution in [0.15, 0.2) is 35.5 Å². The monoisotopic (exact) mass is 423 g/mol. The number of nitrogens with one attached hydrogen (secondary N) is 1. The number of benzene rings is 1. The Balaban J connectivity index is 1.77. The highest BCUT2D eigenvalue weighted by Crippen LogP contribution is 2.40. The van der Waals surface area contributed by atoms with E-state index in [1.54, 1.807) is 23.1 Å². The summed E-state index contributed by atoms with van der Waals surface area (Å²) >= 11 is 5.57. The van der Waals surface area contributed by atoms with Crippen LogP contribution in [0.1, 0.15) is 31.4 Å². The minimum atomic E-state index is -2.96. The molecule has 2 fully saturated rings. The van der Waals surface area contributed by atoms with Crippen molar-refractivity contribution in [3.05, 3.63) is 41.1 Å². The van der Waals surface area contributed by atoms with Crippen molar-refractivity contribution in [3.8, 4) is 5.75 Å². The van der Waals surface area contributed by atoms with Crippen molar-refractivity contribution in [2.45, 2.75) is 38.5 Å². The van der Waals surface area contributed by atoms with E-state index in [4.69, 9.17) is 21.7 Å². The number of hydrogen-bond acceptors (Lipinski definition) is 4. The van der Waals surface area contributed by atoms with Gasteiger partial charge in [-0.3, -0.25) is 4.79 Å². The molecular formula is C20H23F2N3O3S. The van der Waals surface area contributed by atoms with Crippen LogP contribution in [0, 0.1) is 0 Å². The largest absolute Gasteiger partial charge is 0.434 e. The molecule has 1 amide bonds. The number of carbonyl (C=O) groups is 1. The number of thiocarbonyl (C=S) groups is 1.